The van der Waals surface area contributed by atoms with Crippen LogP contribution in [0.2, 0.25) is 0 Å². The molecule has 1 atom stereocenters. The van der Waals surface area contributed by atoms with E-state index in [4.69, 9.17) is 5.11 Å². The minimum atomic E-state index is -0.526. The summed E-state index contributed by atoms with van der Waals surface area (Å²) in [6, 6.07) is 0. The summed E-state index contributed by atoms with van der Waals surface area (Å²) in [4.78, 5) is 9.69. The Morgan fingerprint density at radius 1 is 2.00 bits per heavy atom. The van der Waals surface area contributed by atoms with Gasteiger partial charge in [0.25, 0.3) is 0 Å². The van der Waals surface area contributed by atoms with E-state index in [1.165, 1.54) is 0 Å². The molecule has 0 rings (SSSR count). The van der Waals surface area contributed by atoms with Gasteiger partial charge in [0.2, 0.25) is 0 Å². The predicted octanol–water partition coefficient (Wildman–Crippen LogP) is -1.73. The van der Waals surface area contributed by atoms with Crippen LogP contribution in [-0.4, -0.2) is 51.7 Å². The summed E-state index contributed by atoms with van der Waals surface area (Å²) in [6.07, 6.45) is 0. The zero-order chi connectivity index (χ0) is 4.99. The van der Waals surface area contributed by atoms with Gasteiger partial charge in [-0.1, -0.05) is 0 Å². The van der Waals surface area contributed by atoms with E-state index in [9.17, 15) is 4.79 Å². The van der Waals surface area contributed by atoms with Gasteiger partial charge in [0.15, 0.2) is 0 Å². The first-order chi connectivity index (χ1) is 2.77. The van der Waals surface area contributed by atoms with Crippen LogP contribution in [0.4, 0.5) is 4.79 Å². The van der Waals surface area contributed by atoms with Crippen LogP contribution in [0.3, 0.4) is 0 Å². The summed E-state index contributed by atoms with van der Waals surface area (Å²) in [5, 5.41) is 8.00. The van der Waals surface area contributed by atoms with Gasteiger partial charge >= 0.3 is 56.5 Å². The molecule has 2 nitrogen and oxygen atoms in total. The van der Waals surface area contributed by atoms with Crippen LogP contribution in [0, 0.1) is 0 Å². The van der Waals surface area contributed by atoms with Crippen molar-refractivity contribution in [2.75, 3.05) is 0 Å². The first-order valence-electron chi connectivity index (χ1n) is 1.15. The van der Waals surface area contributed by atoms with Gasteiger partial charge in [0.1, 0.15) is 0 Å². The fraction of sp³-hybridized carbons (Fsp3) is 0. The third kappa shape index (κ3) is 5.37. The summed E-state index contributed by atoms with van der Waals surface area (Å²) < 4.78 is -0.526. The standard InChI is InChI=1S/CH2AsO2.Sb.H2Se.H/c2-1(3)4;;;/h2H,(H,3,4);;1H2;/q-1;+2;;/p-1. The average Bonchev–Trinajstić information content (AvgIpc) is 1.35. The summed E-state index contributed by atoms with van der Waals surface area (Å²) in [7, 11) is 0. The van der Waals surface area contributed by atoms with Gasteiger partial charge in [-0.3, -0.25) is 0 Å². The number of hydrogen-bond acceptors (Lipinski definition) is 1. The van der Waals surface area contributed by atoms with Crippen molar-refractivity contribution in [3.63, 3.8) is 0 Å². The second-order valence-electron chi connectivity index (χ2n) is 0.542. The molecule has 0 aliphatic heterocycles. The van der Waals surface area contributed by atoms with Crippen LogP contribution in [-0.2, 0) is 0 Å². The molecule has 0 spiro atoms. The molecule has 0 heterocycles. The molecule has 5 heteroatoms. The van der Waals surface area contributed by atoms with Gasteiger partial charge in [-0.25, -0.2) is 0 Å². The van der Waals surface area contributed by atoms with Gasteiger partial charge in [-0.15, -0.1) is 0 Å². The molecule has 0 amide bonds. The number of hydrogen-bond donors (Lipinski definition) is 1. The Morgan fingerprint density at radius 3 is 2.50 bits per heavy atom. The Hall–Kier alpha value is 1.37. The molecule has 0 aliphatic carbocycles. The molecule has 1 unspecified atom stereocenters. The van der Waals surface area contributed by atoms with Gasteiger partial charge in [0, 0.05) is 0 Å². The first-order valence-corrected chi connectivity index (χ1v) is 18.2. The molecule has 0 aliphatic rings. The van der Waals surface area contributed by atoms with E-state index in [0.717, 1.165) is 0 Å². The molecule has 36 valence electrons. The van der Waals surface area contributed by atoms with Crippen molar-refractivity contribution in [3.05, 3.63) is 0 Å². The summed E-state index contributed by atoms with van der Waals surface area (Å²) in [6.45, 7) is 0. The number of rotatable bonds is 2. The fourth-order valence-corrected chi connectivity index (χ4v) is 8.66. The normalized spacial score (nSPS) is 10.2. The van der Waals surface area contributed by atoms with Crippen LogP contribution >= 0.6 is 0 Å². The molecular formula is CH4AsO2SbSe. The second-order valence-corrected chi connectivity index (χ2v) is 25.8. The van der Waals surface area contributed by atoms with E-state index in [1.54, 1.807) is 0 Å². The quantitative estimate of drug-likeness (QED) is 0.613. The first kappa shape index (κ1) is 7.37. The van der Waals surface area contributed by atoms with E-state index >= 15 is 0 Å². The van der Waals surface area contributed by atoms with Crippen LogP contribution in [0.15, 0.2) is 0 Å². The van der Waals surface area contributed by atoms with E-state index in [-0.39, 0.29) is 16.9 Å². The molecule has 1 N–H and O–H groups in total. The molecule has 0 radical (unpaired) electrons. The van der Waals surface area contributed by atoms with E-state index < -0.39 is 17.1 Å². The van der Waals surface area contributed by atoms with Crippen molar-refractivity contribution in [2.24, 2.45) is 0 Å². The van der Waals surface area contributed by atoms with Crippen molar-refractivity contribution >= 4 is 46.6 Å². The van der Waals surface area contributed by atoms with Crippen LogP contribution in [0.25, 0.3) is 0 Å². The Labute approximate surface area is 56.0 Å². The van der Waals surface area contributed by atoms with E-state index in [1.807, 2.05) is 0 Å². The van der Waals surface area contributed by atoms with Crippen molar-refractivity contribution in [1.82, 2.24) is 0 Å². The van der Waals surface area contributed by atoms with Gasteiger partial charge in [-0.2, -0.15) is 0 Å². The fourth-order valence-electron chi connectivity index (χ4n) is 0.0478. The average molecular weight is 324 g/mol. The Balaban J connectivity index is 2.83. The molecule has 0 aromatic carbocycles. The van der Waals surface area contributed by atoms with Crippen LogP contribution in [0.5, 0.6) is 0 Å². The maximum atomic E-state index is 9.69. The number of carbonyl (C=O) groups is 1. The molecule has 0 fully saturated rings. The SMILES string of the molecule is O=C(O)[AsH][SbH][SeH]. The Morgan fingerprint density at radius 2 is 2.50 bits per heavy atom. The van der Waals surface area contributed by atoms with Gasteiger partial charge < -0.3 is 0 Å². The van der Waals surface area contributed by atoms with Gasteiger partial charge in [0.05, 0.1) is 0 Å². The summed E-state index contributed by atoms with van der Waals surface area (Å²) in [5.41, 5.74) is 0. The second kappa shape index (κ2) is 4.52. The third-order valence-corrected chi connectivity index (χ3v) is 13.9. The zero-order valence-electron chi connectivity index (χ0n) is 2.80. The zero-order valence-corrected chi connectivity index (χ0v) is 9.63. The summed E-state index contributed by atoms with van der Waals surface area (Å²) >= 11 is 1.57. The Bertz CT molecular complexity index is 57.5. The topological polar surface area (TPSA) is 37.3 Å². The number of carboxylic acid groups (broad SMARTS) is 1. The molecule has 0 bridgehead atoms. The van der Waals surface area contributed by atoms with Crippen molar-refractivity contribution in [2.45, 2.75) is 0 Å². The third-order valence-electron chi connectivity index (χ3n) is 0.163. The summed E-state index contributed by atoms with van der Waals surface area (Å²) in [5.74, 6) is 0. The maximum absolute atomic E-state index is 9.69. The molecule has 0 aromatic heterocycles. The Kier molecular flexibility index (Phi) is 5.55. The van der Waals surface area contributed by atoms with Crippen molar-refractivity contribution in [1.29, 1.82) is 0 Å². The monoisotopic (exact) mass is 324 g/mol. The van der Waals surface area contributed by atoms with Gasteiger partial charge in [-0.05, 0) is 0 Å². The molecular weight excluding hydrogens is 320 g/mol. The predicted molar refractivity (Wildman–Crippen MR) is 29.5 cm³/mol. The molecule has 0 saturated carbocycles. The molecule has 6 heavy (non-hydrogen) atoms. The van der Waals surface area contributed by atoms with E-state index in [2.05, 4.69) is 12.7 Å². The van der Waals surface area contributed by atoms with Crippen molar-refractivity contribution in [3.8, 4) is 0 Å². The van der Waals surface area contributed by atoms with Crippen LogP contribution < -0.4 is 0 Å². The molecule has 0 aromatic rings. The van der Waals surface area contributed by atoms with Crippen molar-refractivity contribution < 1.29 is 9.90 Å². The van der Waals surface area contributed by atoms with E-state index in [0.29, 0.717) is 0 Å². The molecule has 0 saturated heterocycles. The van der Waals surface area contributed by atoms with Crippen LogP contribution in [0.1, 0.15) is 0 Å². The minimum absolute atomic E-state index is 0.387.